The van der Waals surface area contributed by atoms with Gasteiger partial charge in [0.05, 0.1) is 5.56 Å². The zero-order valence-corrected chi connectivity index (χ0v) is 11.7. The van der Waals surface area contributed by atoms with Crippen molar-refractivity contribution in [2.45, 2.75) is 40.0 Å². The van der Waals surface area contributed by atoms with Crippen LogP contribution in [0.25, 0.3) is 0 Å². The molecule has 1 amide bonds. The summed E-state index contributed by atoms with van der Waals surface area (Å²) in [6, 6.07) is 3.65. The van der Waals surface area contributed by atoms with Gasteiger partial charge in [-0.05, 0) is 30.9 Å². The second-order valence-corrected chi connectivity index (χ2v) is 4.39. The first-order valence-electron chi connectivity index (χ1n) is 7.00. The van der Waals surface area contributed by atoms with Gasteiger partial charge in [0.15, 0.2) is 0 Å². The Bertz CT molecular complexity index is 343. The smallest absolute Gasteiger partial charge is 0.255 e. The van der Waals surface area contributed by atoms with Crippen LogP contribution in [0.1, 0.15) is 50.4 Å². The lowest BCUT2D eigenvalue weighted by molar-refractivity contribution is 0.0688. The lowest BCUT2D eigenvalue weighted by Gasteiger charge is -2.31. The van der Waals surface area contributed by atoms with Crippen molar-refractivity contribution in [2.75, 3.05) is 13.1 Å². The van der Waals surface area contributed by atoms with E-state index in [2.05, 4.69) is 11.9 Å². The molecule has 3 nitrogen and oxygen atoms in total. The molecule has 0 atom stereocenters. The first-order valence-corrected chi connectivity index (χ1v) is 7.00. The number of rotatable bonds is 2. The van der Waals surface area contributed by atoms with E-state index < -0.39 is 0 Å². The normalized spacial score (nSPS) is 15.8. The van der Waals surface area contributed by atoms with Crippen LogP contribution in [-0.4, -0.2) is 28.9 Å². The summed E-state index contributed by atoms with van der Waals surface area (Å²) in [5.74, 6) is 0.931. The molecule has 0 spiro atoms. The van der Waals surface area contributed by atoms with Crippen LogP contribution in [0.15, 0.2) is 24.5 Å². The van der Waals surface area contributed by atoms with Crippen LogP contribution in [0.3, 0.4) is 0 Å². The van der Waals surface area contributed by atoms with E-state index in [0.29, 0.717) is 5.56 Å². The Morgan fingerprint density at radius 1 is 1.39 bits per heavy atom. The number of likely N-dealkylation sites (tertiary alicyclic amines) is 1. The Morgan fingerprint density at radius 3 is 2.56 bits per heavy atom. The number of carbonyl (C=O) groups is 1. The predicted molar refractivity (Wildman–Crippen MR) is 74.5 cm³/mol. The maximum Gasteiger partial charge on any atom is 0.255 e. The summed E-state index contributed by atoms with van der Waals surface area (Å²) in [6.07, 6.45) is 6.86. The molecule has 3 heteroatoms. The SMILES string of the molecule is CC.CCC1CCN(C(=O)c2cccnc2)CC1. The molecule has 18 heavy (non-hydrogen) atoms. The van der Waals surface area contributed by atoms with Gasteiger partial charge in [0.25, 0.3) is 5.91 Å². The van der Waals surface area contributed by atoms with Gasteiger partial charge >= 0.3 is 0 Å². The van der Waals surface area contributed by atoms with Gasteiger partial charge in [-0.15, -0.1) is 0 Å². The van der Waals surface area contributed by atoms with Crippen LogP contribution >= 0.6 is 0 Å². The molecule has 0 bridgehead atoms. The van der Waals surface area contributed by atoms with Crippen LogP contribution in [0.4, 0.5) is 0 Å². The first-order chi connectivity index (χ1) is 8.81. The van der Waals surface area contributed by atoms with E-state index in [1.165, 1.54) is 6.42 Å². The van der Waals surface area contributed by atoms with Crippen molar-refractivity contribution in [1.82, 2.24) is 9.88 Å². The molecule has 1 aliphatic heterocycles. The number of amides is 1. The van der Waals surface area contributed by atoms with Gasteiger partial charge < -0.3 is 4.90 Å². The Morgan fingerprint density at radius 2 is 2.06 bits per heavy atom. The molecule has 2 heterocycles. The summed E-state index contributed by atoms with van der Waals surface area (Å²) in [4.78, 5) is 18.0. The number of nitrogens with zero attached hydrogens (tertiary/aromatic N) is 2. The fourth-order valence-electron chi connectivity index (χ4n) is 2.22. The van der Waals surface area contributed by atoms with E-state index in [-0.39, 0.29) is 5.91 Å². The summed E-state index contributed by atoms with van der Waals surface area (Å²) >= 11 is 0. The molecule has 100 valence electrons. The van der Waals surface area contributed by atoms with Gasteiger partial charge in [-0.3, -0.25) is 9.78 Å². The lowest BCUT2D eigenvalue weighted by atomic mass is 9.94. The fraction of sp³-hybridized carbons (Fsp3) is 0.600. The number of aromatic nitrogens is 1. The highest BCUT2D eigenvalue weighted by Gasteiger charge is 2.22. The molecule has 0 saturated carbocycles. The van der Waals surface area contributed by atoms with Crippen molar-refractivity contribution < 1.29 is 4.79 Å². The number of pyridine rings is 1. The van der Waals surface area contributed by atoms with Crippen LogP contribution in [0.5, 0.6) is 0 Å². The molecule has 2 rings (SSSR count). The van der Waals surface area contributed by atoms with E-state index >= 15 is 0 Å². The van der Waals surface area contributed by atoms with Crippen molar-refractivity contribution in [1.29, 1.82) is 0 Å². The highest BCUT2D eigenvalue weighted by molar-refractivity contribution is 5.93. The van der Waals surface area contributed by atoms with Gasteiger partial charge in [-0.1, -0.05) is 27.2 Å². The summed E-state index contributed by atoms with van der Waals surface area (Å²) in [5, 5.41) is 0. The summed E-state index contributed by atoms with van der Waals surface area (Å²) in [7, 11) is 0. The van der Waals surface area contributed by atoms with E-state index in [4.69, 9.17) is 0 Å². The molecule has 0 radical (unpaired) electrons. The topological polar surface area (TPSA) is 33.2 Å². The van der Waals surface area contributed by atoms with Crippen molar-refractivity contribution in [3.05, 3.63) is 30.1 Å². The molecular weight excluding hydrogens is 224 g/mol. The highest BCUT2D eigenvalue weighted by Crippen LogP contribution is 2.21. The lowest BCUT2D eigenvalue weighted by Crippen LogP contribution is -2.38. The van der Waals surface area contributed by atoms with Crippen LogP contribution < -0.4 is 0 Å². The molecule has 0 N–H and O–H groups in total. The average molecular weight is 248 g/mol. The molecule has 1 aromatic heterocycles. The van der Waals surface area contributed by atoms with Gasteiger partial charge in [0.2, 0.25) is 0 Å². The number of piperidine rings is 1. The fourth-order valence-corrected chi connectivity index (χ4v) is 2.22. The molecule has 1 saturated heterocycles. The maximum atomic E-state index is 12.1. The minimum absolute atomic E-state index is 0.127. The third kappa shape index (κ3) is 3.83. The molecule has 0 aliphatic carbocycles. The Balaban J connectivity index is 0.000000771. The first kappa shape index (κ1) is 14.7. The van der Waals surface area contributed by atoms with E-state index in [1.54, 1.807) is 12.4 Å². The second-order valence-electron chi connectivity index (χ2n) is 4.39. The van der Waals surface area contributed by atoms with E-state index in [1.807, 2.05) is 30.9 Å². The van der Waals surface area contributed by atoms with Crippen molar-refractivity contribution in [3.8, 4) is 0 Å². The van der Waals surface area contributed by atoms with Crippen molar-refractivity contribution in [2.24, 2.45) is 5.92 Å². The number of hydrogen-bond donors (Lipinski definition) is 0. The van der Waals surface area contributed by atoms with Gasteiger partial charge in [-0.2, -0.15) is 0 Å². The van der Waals surface area contributed by atoms with Gasteiger partial charge in [-0.25, -0.2) is 0 Å². The highest BCUT2D eigenvalue weighted by atomic mass is 16.2. The number of carbonyl (C=O) groups excluding carboxylic acids is 1. The second kappa shape index (κ2) is 7.85. The average Bonchev–Trinajstić information content (AvgIpc) is 2.49. The predicted octanol–water partition coefficient (Wildman–Crippen LogP) is 3.37. The Hall–Kier alpha value is -1.38. The molecular formula is C15H24N2O. The minimum Gasteiger partial charge on any atom is -0.339 e. The van der Waals surface area contributed by atoms with Crippen LogP contribution in [0, 0.1) is 5.92 Å². The molecule has 1 aliphatic rings. The molecule has 1 aromatic rings. The Labute approximate surface area is 110 Å². The summed E-state index contributed by atoms with van der Waals surface area (Å²) in [6.45, 7) is 8.02. The third-order valence-corrected chi connectivity index (χ3v) is 3.39. The van der Waals surface area contributed by atoms with Crippen molar-refractivity contribution in [3.63, 3.8) is 0 Å². The molecule has 1 fully saturated rings. The van der Waals surface area contributed by atoms with E-state index in [9.17, 15) is 4.79 Å². The third-order valence-electron chi connectivity index (χ3n) is 3.39. The number of hydrogen-bond acceptors (Lipinski definition) is 2. The largest absolute Gasteiger partial charge is 0.339 e. The molecule has 0 aromatic carbocycles. The molecule has 0 unspecified atom stereocenters. The summed E-state index contributed by atoms with van der Waals surface area (Å²) in [5.41, 5.74) is 0.706. The monoisotopic (exact) mass is 248 g/mol. The van der Waals surface area contributed by atoms with Crippen molar-refractivity contribution >= 4 is 5.91 Å². The van der Waals surface area contributed by atoms with Crippen LogP contribution in [-0.2, 0) is 0 Å². The van der Waals surface area contributed by atoms with Gasteiger partial charge in [0.1, 0.15) is 0 Å². The standard InChI is InChI=1S/C13H18N2O.C2H6/c1-2-11-5-8-15(9-6-11)13(16)12-4-3-7-14-10-12;1-2/h3-4,7,10-11H,2,5-6,8-9H2,1H3;1-2H3. The quantitative estimate of drug-likeness (QED) is 0.804. The zero-order valence-electron chi connectivity index (χ0n) is 11.7. The minimum atomic E-state index is 0.127. The van der Waals surface area contributed by atoms with Crippen LogP contribution in [0.2, 0.25) is 0 Å². The van der Waals surface area contributed by atoms with Gasteiger partial charge in [0, 0.05) is 25.5 Å². The summed E-state index contributed by atoms with van der Waals surface area (Å²) < 4.78 is 0. The zero-order chi connectivity index (χ0) is 13.4. The maximum absolute atomic E-state index is 12.1. The Kier molecular flexibility index (Phi) is 6.40. The van der Waals surface area contributed by atoms with E-state index in [0.717, 1.165) is 31.8 Å².